The molecule has 0 spiro atoms. The van der Waals surface area contributed by atoms with Crippen LogP contribution in [-0.2, 0) is 11.3 Å². The standard InChI is InChI=1S/C23H28ClN5O2S/c1-15(2)10-12-28-22(31)18-8-7-16(24)13-19(18)26-23(28)32-14-21(30)27-20-9-11-25-29(20)17-5-3-4-6-17/h7-9,11,13,15,17H,3-6,10,12,14H2,1-2H3,(H,27,30). The lowest BCUT2D eigenvalue weighted by Gasteiger charge is -2.16. The smallest absolute Gasteiger partial charge is 0.262 e. The minimum Gasteiger partial charge on any atom is -0.310 e. The highest BCUT2D eigenvalue weighted by atomic mass is 35.5. The first-order valence-corrected chi connectivity index (χ1v) is 12.4. The van der Waals surface area contributed by atoms with Gasteiger partial charge in [0.25, 0.3) is 5.56 Å². The normalized spacial score (nSPS) is 14.5. The molecule has 1 amide bonds. The molecule has 1 aliphatic carbocycles. The van der Waals surface area contributed by atoms with Crippen LogP contribution >= 0.6 is 23.4 Å². The molecule has 1 aliphatic rings. The van der Waals surface area contributed by atoms with Crippen molar-refractivity contribution in [2.75, 3.05) is 11.1 Å². The summed E-state index contributed by atoms with van der Waals surface area (Å²) < 4.78 is 3.60. The Bertz CT molecular complexity index is 1170. The molecule has 0 radical (unpaired) electrons. The number of amides is 1. The minimum absolute atomic E-state index is 0.102. The Morgan fingerprint density at radius 3 is 2.81 bits per heavy atom. The molecular weight excluding hydrogens is 446 g/mol. The van der Waals surface area contributed by atoms with E-state index in [0.717, 1.165) is 25.1 Å². The topological polar surface area (TPSA) is 81.8 Å². The molecule has 0 bridgehead atoms. The highest BCUT2D eigenvalue weighted by molar-refractivity contribution is 7.99. The Morgan fingerprint density at radius 2 is 2.06 bits per heavy atom. The molecule has 0 aliphatic heterocycles. The number of carbonyl (C=O) groups excluding carboxylic acids is 1. The Balaban J connectivity index is 1.53. The number of hydrogen-bond acceptors (Lipinski definition) is 5. The zero-order valence-corrected chi connectivity index (χ0v) is 20.0. The van der Waals surface area contributed by atoms with Crippen LogP contribution < -0.4 is 10.9 Å². The van der Waals surface area contributed by atoms with E-state index in [2.05, 4.69) is 29.2 Å². The van der Waals surface area contributed by atoms with Gasteiger partial charge < -0.3 is 5.32 Å². The van der Waals surface area contributed by atoms with E-state index in [9.17, 15) is 9.59 Å². The summed E-state index contributed by atoms with van der Waals surface area (Å²) in [5, 5.41) is 8.97. The van der Waals surface area contributed by atoms with Gasteiger partial charge in [0, 0.05) is 17.6 Å². The van der Waals surface area contributed by atoms with Gasteiger partial charge in [-0.05, 0) is 43.4 Å². The zero-order valence-electron chi connectivity index (χ0n) is 18.4. The molecule has 7 nitrogen and oxygen atoms in total. The van der Waals surface area contributed by atoms with E-state index in [1.165, 1.54) is 24.6 Å². The molecule has 9 heteroatoms. The average molecular weight is 474 g/mol. The lowest BCUT2D eigenvalue weighted by molar-refractivity contribution is -0.113. The van der Waals surface area contributed by atoms with Gasteiger partial charge in [-0.25, -0.2) is 9.67 Å². The Hall–Kier alpha value is -2.32. The van der Waals surface area contributed by atoms with Crippen molar-refractivity contribution >= 4 is 46.0 Å². The molecule has 1 aromatic carbocycles. The van der Waals surface area contributed by atoms with Crippen LogP contribution in [0.25, 0.3) is 10.9 Å². The molecule has 1 saturated carbocycles. The predicted molar refractivity (Wildman–Crippen MR) is 130 cm³/mol. The fraction of sp³-hybridized carbons (Fsp3) is 0.478. The monoisotopic (exact) mass is 473 g/mol. The molecule has 3 aromatic rings. The van der Waals surface area contributed by atoms with E-state index in [1.54, 1.807) is 29.0 Å². The van der Waals surface area contributed by atoms with Gasteiger partial charge in [-0.15, -0.1) is 0 Å². The molecular formula is C23H28ClN5O2S. The van der Waals surface area contributed by atoms with Crippen LogP contribution in [0.15, 0.2) is 40.4 Å². The maximum absolute atomic E-state index is 13.1. The van der Waals surface area contributed by atoms with E-state index < -0.39 is 0 Å². The molecule has 2 aromatic heterocycles. The van der Waals surface area contributed by atoms with Crippen molar-refractivity contribution in [3.8, 4) is 0 Å². The molecule has 4 rings (SSSR count). The third kappa shape index (κ3) is 5.18. The van der Waals surface area contributed by atoms with Crippen LogP contribution in [0, 0.1) is 5.92 Å². The number of nitrogens with one attached hydrogen (secondary N) is 1. The van der Waals surface area contributed by atoms with Crippen molar-refractivity contribution in [3.63, 3.8) is 0 Å². The van der Waals surface area contributed by atoms with Gasteiger partial charge in [-0.1, -0.05) is 50.1 Å². The quantitative estimate of drug-likeness (QED) is 0.362. The summed E-state index contributed by atoms with van der Waals surface area (Å²) in [4.78, 5) is 30.5. The number of aromatic nitrogens is 4. The second kappa shape index (κ2) is 10.1. The van der Waals surface area contributed by atoms with Crippen molar-refractivity contribution in [2.45, 2.75) is 63.7 Å². The highest BCUT2D eigenvalue weighted by Crippen LogP contribution is 2.31. The number of carbonyl (C=O) groups is 1. The Labute approximate surface area is 196 Å². The van der Waals surface area contributed by atoms with E-state index >= 15 is 0 Å². The largest absolute Gasteiger partial charge is 0.310 e. The van der Waals surface area contributed by atoms with Crippen LogP contribution in [0.1, 0.15) is 52.0 Å². The Morgan fingerprint density at radius 1 is 1.28 bits per heavy atom. The van der Waals surface area contributed by atoms with Gasteiger partial charge in [-0.3, -0.25) is 14.2 Å². The molecule has 0 unspecified atom stereocenters. The summed E-state index contributed by atoms with van der Waals surface area (Å²) >= 11 is 7.38. The summed E-state index contributed by atoms with van der Waals surface area (Å²) in [7, 11) is 0. The molecule has 1 fully saturated rings. The first-order valence-electron chi connectivity index (χ1n) is 11.1. The molecule has 2 heterocycles. The van der Waals surface area contributed by atoms with E-state index in [0.29, 0.717) is 39.6 Å². The maximum Gasteiger partial charge on any atom is 0.262 e. The number of hydrogen-bond donors (Lipinski definition) is 1. The number of anilines is 1. The van der Waals surface area contributed by atoms with Crippen molar-refractivity contribution in [1.29, 1.82) is 0 Å². The Kier molecular flexibility index (Phi) is 7.20. The minimum atomic E-state index is -0.148. The second-order valence-electron chi connectivity index (χ2n) is 8.63. The third-order valence-electron chi connectivity index (χ3n) is 5.75. The van der Waals surface area contributed by atoms with Crippen molar-refractivity contribution in [2.24, 2.45) is 5.92 Å². The third-order valence-corrected chi connectivity index (χ3v) is 6.96. The van der Waals surface area contributed by atoms with Gasteiger partial charge in [0.15, 0.2) is 5.16 Å². The highest BCUT2D eigenvalue weighted by Gasteiger charge is 2.21. The molecule has 0 saturated heterocycles. The summed E-state index contributed by atoms with van der Waals surface area (Å²) in [6.07, 6.45) is 7.13. The SMILES string of the molecule is CC(C)CCn1c(SCC(=O)Nc2ccnn2C2CCCC2)nc2cc(Cl)ccc2c1=O. The first-order chi connectivity index (χ1) is 15.4. The van der Waals surface area contributed by atoms with Crippen LogP contribution in [0.3, 0.4) is 0 Å². The summed E-state index contributed by atoms with van der Waals surface area (Å²) in [5.74, 6) is 1.17. The van der Waals surface area contributed by atoms with Gasteiger partial charge in [0.1, 0.15) is 5.82 Å². The van der Waals surface area contributed by atoms with Gasteiger partial charge >= 0.3 is 0 Å². The molecule has 0 atom stereocenters. The van der Waals surface area contributed by atoms with Crippen LogP contribution in [0.5, 0.6) is 0 Å². The average Bonchev–Trinajstić information content (AvgIpc) is 3.43. The molecule has 1 N–H and O–H groups in total. The van der Waals surface area contributed by atoms with Gasteiger partial charge in [0.05, 0.1) is 28.9 Å². The number of nitrogens with zero attached hydrogens (tertiary/aromatic N) is 4. The van der Waals surface area contributed by atoms with E-state index in [-0.39, 0.29) is 17.2 Å². The van der Waals surface area contributed by atoms with E-state index in [1.807, 2.05) is 10.7 Å². The van der Waals surface area contributed by atoms with Gasteiger partial charge in [-0.2, -0.15) is 5.10 Å². The fourth-order valence-corrected chi connectivity index (χ4v) is 5.02. The van der Waals surface area contributed by atoms with Gasteiger partial charge in [0.2, 0.25) is 5.91 Å². The van der Waals surface area contributed by atoms with Crippen LogP contribution in [-0.4, -0.2) is 31.0 Å². The van der Waals surface area contributed by atoms with Crippen molar-refractivity contribution < 1.29 is 4.79 Å². The van der Waals surface area contributed by atoms with Crippen molar-refractivity contribution in [3.05, 3.63) is 45.8 Å². The fourth-order valence-electron chi connectivity index (χ4n) is 4.03. The predicted octanol–water partition coefficient (Wildman–Crippen LogP) is 5.14. The molecule has 32 heavy (non-hydrogen) atoms. The summed E-state index contributed by atoms with van der Waals surface area (Å²) in [5.41, 5.74) is 0.444. The lowest BCUT2D eigenvalue weighted by atomic mass is 10.1. The number of benzene rings is 1. The number of fused-ring (bicyclic) bond motifs is 1. The lowest BCUT2D eigenvalue weighted by Crippen LogP contribution is -2.25. The van der Waals surface area contributed by atoms with Crippen LogP contribution in [0.4, 0.5) is 5.82 Å². The van der Waals surface area contributed by atoms with E-state index in [4.69, 9.17) is 11.6 Å². The maximum atomic E-state index is 13.1. The summed E-state index contributed by atoms with van der Waals surface area (Å²) in [6.45, 7) is 4.79. The number of rotatable bonds is 8. The number of halogens is 1. The van der Waals surface area contributed by atoms with Crippen LogP contribution in [0.2, 0.25) is 5.02 Å². The number of thioether (sulfide) groups is 1. The second-order valence-corrected chi connectivity index (χ2v) is 10.0. The first kappa shape index (κ1) is 22.9. The zero-order chi connectivity index (χ0) is 22.7. The molecule has 170 valence electrons. The summed E-state index contributed by atoms with van der Waals surface area (Å²) in [6, 6.07) is 7.28. The van der Waals surface area contributed by atoms with Crippen molar-refractivity contribution in [1.82, 2.24) is 19.3 Å².